The molecule has 0 aliphatic heterocycles. The second kappa shape index (κ2) is 3.32. The third-order valence-corrected chi connectivity index (χ3v) is 3.39. The van der Waals surface area contributed by atoms with Crippen LogP contribution in [0.3, 0.4) is 0 Å². The summed E-state index contributed by atoms with van der Waals surface area (Å²) in [6.45, 7) is 3.07. The van der Waals surface area contributed by atoms with E-state index in [-0.39, 0.29) is 0 Å². The van der Waals surface area contributed by atoms with Crippen molar-refractivity contribution in [3.63, 3.8) is 0 Å². The molecular weight excluding hydrogens is 265 g/mol. The van der Waals surface area contributed by atoms with Crippen molar-refractivity contribution in [2.45, 2.75) is 36.7 Å². The SMILES string of the molecule is CCn1nnc2c1CCC(I)C2. The zero-order valence-corrected chi connectivity index (χ0v) is 9.28. The van der Waals surface area contributed by atoms with Crippen molar-refractivity contribution >= 4 is 22.6 Å². The Morgan fingerprint density at radius 2 is 2.50 bits per heavy atom. The van der Waals surface area contributed by atoms with Gasteiger partial charge in [0.1, 0.15) is 0 Å². The molecule has 0 saturated heterocycles. The Hall–Kier alpha value is -0.130. The lowest BCUT2D eigenvalue weighted by Gasteiger charge is -2.15. The van der Waals surface area contributed by atoms with Crippen LogP contribution >= 0.6 is 22.6 Å². The summed E-state index contributed by atoms with van der Waals surface area (Å²) in [7, 11) is 0. The van der Waals surface area contributed by atoms with Crippen molar-refractivity contribution in [1.29, 1.82) is 0 Å². The van der Waals surface area contributed by atoms with Crippen LogP contribution in [0.15, 0.2) is 0 Å². The Bertz CT molecular complexity index is 282. The van der Waals surface area contributed by atoms with Crippen LogP contribution in [0.1, 0.15) is 24.7 Å². The first-order valence-electron chi connectivity index (χ1n) is 4.36. The predicted molar refractivity (Wildman–Crippen MR) is 55.5 cm³/mol. The van der Waals surface area contributed by atoms with Crippen molar-refractivity contribution in [2.75, 3.05) is 0 Å². The van der Waals surface area contributed by atoms with E-state index >= 15 is 0 Å². The molecule has 2 rings (SSSR count). The fourth-order valence-corrected chi connectivity index (χ4v) is 2.39. The molecule has 1 aromatic rings. The van der Waals surface area contributed by atoms with Crippen LogP contribution in [0.5, 0.6) is 0 Å². The molecule has 0 bridgehead atoms. The van der Waals surface area contributed by atoms with Crippen molar-refractivity contribution in [2.24, 2.45) is 0 Å². The van der Waals surface area contributed by atoms with E-state index in [9.17, 15) is 0 Å². The van der Waals surface area contributed by atoms with Crippen LogP contribution in [0.2, 0.25) is 0 Å². The third kappa shape index (κ3) is 1.36. The highest BCUT2D eigenvalue weighted by atomic mass is 127. The van der Waals surface area contributed by atoms with Gasteiger partial charge in [0.15, 0.2) is 0 Å². The summed E-state index contributed by atoms with van der Waals surface area (Å²) in [6.07, 6.45) is 3.54. The minimum absolute atomic E-state index is 0.761. The van der Waals surface area contributed by atoms with E-state index in [0.29, 0.717) is 0 Å². The highest BCUT2D eigenvalue weighted by Crippen LogP contribution is 2.23. The van der Waals surface area contributed by atoms with E-state index in [1.807, 2.05) is 4.68 Å². The van der Waals surface area contributed by atoms with Gasteiger partial charge in [-0.05, 0) is 19.8 Å². The molecule has 1 aliphatic carbocycles. The topological polar surface area (TPSA) is 30.7 Å². The number of nitrogens with zero attached hydrogens (tertiary/aromatic N) is 3. The Labute approximate surface area is 85.7 Å². The lowest BCUT2D eigenvalue weighted by Crippen LogP contribution is -2.15. The molecule has 0 radical (unpaired) electrons. The number of aryl methyl sites for hydroxylation is 1. The molecule has 12 heavy (non-hydrogen) atoms. The largest absolute Gasteiger partial charge is 0.249 e. The van der Waals surface area contributed by atoms with Gasteiger partial charge in [0.05, 0.1) is 11.4 Å². The van der Waals surface area contributed by atoms with Gasteiger partial charge in [0.2, 0.25) is 0 Å². The maximum Gasteiger partial charge on any atom is 0.0869 e. The average Bonchev–Trinajstić information content (AvgIpc) is 2.46. The standard InChI is InChI=1S/C8H12IN3/c1-2-12-8-4-3-6(9)5-7(8)10-11-12/h6H,2-5H2,1H3. The highest BCUT2D eigenvalue weighted by Gasteiger charge is 2.21. The Kier molecular flexibility index (Phi) is 2.34. The minimum Gasteiger partial charge on any atom is -0.249 e. The molecule has 1 unspecified atom stereocenters. The summed E-state index contributed by atoms with van der Waals surface area (Å²) in [5, 5.41) is 8.30. The van der Waals surface area contributed by atoms with Gasteiger partial charge < -0.3 is 0 Å². The third-order valence-electron chi connectivity index (χ3n) is 2.33. The molecule has 1 aliphatic rings. The molecule has 0 fully saturated rings. The Balaban J connectivity index is 2.32. The predicted octanol–water partition coefficient (Wildman–Crippen LogP) is 1.59. The van der Waals surface area contributed by atoms with E-state index < -0.39 is 0 Å². The summed E-state index contributed by atoms with van der Waals surface area (Å²) in [4.78, 5) is 0. The summed E-state index contributed by atoms with van der Waals surface area (Å²) in [5.74, 6) is 0. The van der Waals surface area contributed by atoms with Gasteiger partial charge in [-0.25, -0.2) is 4.68 Å². The summed E-state index contributed by atoms with van der Waals surface area (Å²) >= 11 is 2.50. The zero-order valence-electron chi connectivity index (χ0n) is 7.13. The van der Waals surface area contributed by atoms with Gasteiger partial charge in [0, 0.05) is 16.9 Å². The molecular formula is C8H12IN3. The van der Waals surface area contributed by atoms with E-state index in [1.165, 1.54) is 17.8 Å². The maximum atomic E-state index is 4.19. The highest BCUT2D eigenvalue weighted by molar-refractivity contribution is 14.1. The lowest BCUT2D eigenvalue weighted by molar-refractivity contribution is 0.582. The molecule has 1 heterocycles. The van der Waals surface area contributed by atoms with Gasteiger partial charge in [-0.15, -0.1) is 5.10 Å². The molecule has 3 nitrogen and oxygen atoms in total. The monoisotopic (exact) mass is 277 g/mol. The number of rotatable bonds is 1. The molecule has 0 spiro atoms. The second-order valence-corrected chi connectivity index (χ2v) is 4.90. The molecule has 0 saturated carbocycles. The summed E-state index contributed by atoms with van der Waals surface area (Å²) in [5.41, 5.74) is 2.59. The molecule has 0 N–H and O–H groups in total. The van der Waals surface area contributed by atoms with Crippen LogP contribution in [0.25, 0.3) is 0 Å². The Morgan fingerprint density at radius 3 is 3.25 bits per heavy atom. The van der Waals surface area contributed by atoms with E-state index in [2.05, 4.69) is 39.8 Å². The van der Waals surface area contributed by atoms with Crippen LogP contribution in [-0.2, 0) is 19.4 Å². The first kappa shape index (κ1) is 8.47. The molecule has 0 amide bonds. The minimum atomic E-state index is 0.761. The summed E-state index contributed by atoms with van der Waals surface area (Å²) in [6, 6.07) is 0. The Morgan fingerprint density at radius 1 is 1.67 bits per heavy atom. The molecule has 4 heteroatoms. The number of aromatic nitrogens is 3. The second-order valence-electron chi connectivity index (χ2n) is 3.14. The number of halogens is 1. The van der Waals surface area contributed by atoms with Gasteiger partial charge in [-0.1, -0.05) is 27.8 Å². The van der Waals surface area contributed by atoms with E-state index in [0.717, 1.165) is 23.3 Å². The number of alkyl halides is 1. The maximum absolute atomic E-state index is 4.19. The quantitative estimate of drug-likeness (QED) is 0.576. The van der Waals surface area contributed by atoms with E-state index in [4.69, 9.17) is 0 Å². The normalized spacial score (nSPS) is 22.3. The lowest BCUT2D eigenvalue weighted by atomic mass is 10.0. The number of hydrogen-bond donors (Lipinski definition) is 0. The first-order chi connectivity index (χ1) is 5.81. The number of fused-ring (bicyclic) bond motifs is 1. The van der Waals surface area contributed by atoms with Crippen LogP contribution < -0.4 is 0 Å². The van der Waals surface area contributed by atoms with E-state index in [1.54, 1.807) is 0 Å². The van der Waals surface area contributed by atoms with Crippen LogP contribution in [0, 0.1) is 0 Å². The van der Waals surface area contributed by atoms with Gasteiger partial charge in [-0.3, -0.25) is 0 Å². The van der Waals surface area contributed by atoms with Crippen molar-refractivity contribution in [1.82, 2.24) is 15.0 Å². The summed E-state index contributed by atoms with van der Waals surface area (Å²) < 4.78 is 2.79. The smallest absolute Gasteiger partial charge is 0.0869 e. The van der Waals surface area contributed by atoms with Crippen LogP contribution in [0.4, 0.5) is 0 Å². The van der Waals surface area contributed by atoms with Gasteiger partial charge >= 0.3 is 0 Å². The molecule has 1 aromatic heterocycles. The molecule has 0 aromatic carbocycles. The van der Waals surface area contributed by atoms with Crippen molar-refractivity contribution in [3.8, 4) is 0 Å². The zero-order chi connectivity index (χ0) is 8.55. The first-order valence-corrected chi connectivity index (χ1v) is 5.61. The van der Waals surface area contributed by atoms with Gasteiger partial charge in [0.25, 0.3) is 0 Å². The van der Waals surface area contributed by atoms with Gasteiger partial charge in [-0.2, -0.15) is 0 Å². The number of hydrogen-bond acceptors (Lipinski definition) is 2. The fraction of sp³-hybridized carbons (Fsp3) is 0.750. The fourth-order valence-electron chi connectivity index (χ4n) is 1.66. The molecule has 1 atom stereocenters. The average molecular weight is 277 g/mol. The van der Waals surface area contributed by atoms with Crippen molar-refractivity contribution < 1.29 is 0 Å². The van der Waals surface area contributed by atoms with Crippen LogP contribution in [-0.4, -0.2) is 18.9 Å². The van der Waals surface area contributed by atoms with Crippen molar-refractivity contribution in [3.05, 3.63) is 11.4 Å². The molecule has 66 valence electrons.